The smallest absolute Gasteiger partial charge is 0.0558 e. The van der Waals surface area contributed by atoms with Crippen molar-refractivity contribution < 1.29 is 5.11 Å². The number of rotatable bonds is 6. The first kappa shape index (κ1) is 17.5. The molecule has 0 amide bonds. The van der Waals surface area contributed by atoms with Crippen molar-refractivity contribution in [3.63, 3.8) is 0 Å². The second-order valence-corrected chi connectivity index (χ2v) is 7.98. The van der Waals surface area contributed by atoms with Crippen molar-refractivity contribution in [1.29, 1.82) is 0 Å². The van der Waals surface area contributed by atoms with Crippen LogP contribution in [0.1, 0.15) is 31.2 Å². The van der Waals surface area contributed by atoms with Gasteiger partial charge in [0.25, 0.3) is 0 Å². The number of likely N-dealkylation sites (tertiary alicyclic amines) is 1. The van der Waals surface area contributed by atoms with E-state index in [0.29, 0.717) is 11.1 Å². The third-order valence-corrected chi connectivity index (χ3v) is 6.00. The van der Waals surface area contributed by atoms with E-state index in [2.05, 4.69) is 22.9 Å². The van der Waals surface area contributed by atoms with Crippen LogP contribution in [0, 0.1) is 0 Å². The fourth-order valence-electron chi connectivity index (χ4n) is 3.85. The SMILES string of the molecule is CN1CCC(N(CCO)CC2(c3ccc(Cl)cc3Cl)CC2)CC1. The Balaban J connectivity index is 1.74. The van der Waals surface area contributed by atoms with Gasteiger partial charge in [0.2, 0.25) is 0 Å². The normalized spacial score (nSPS) is 21.8. The molecule has 1 aromatic carbocycles. The van der Waals surface area contributed by atoms with Crippen LogP contribution in [-0.4, -0.2) is 60.8 Å². The Morgan fingerprint density at radius 2 is 1.96 bits per heavy atom. The van der Waals surface area contributed by atoms with Gasteiger partial charge in [-0.25, -0.2) is 0 Å². The van der Waals surface area contributed by atoms with E-state index >= 15 is 0 Å². The summed E-state index contributed by atoms with van der Waals surface area (Å²) in [5, 5.41) is 11.0. The second-order valence-electron chi connectivity index (χ2n) is 7.13. The summed E-state index contributed by atoms with van der Waals surface area (Å²) < 4.78 is 0. The maximum Gasteiger partial charge on any atom is 0.0558 e. The Bertz CT molecular complexity index is 540. The molecule has 3 rings (SSSR count). The zero-order valence-electron chi connectivity index (χ0n) is 13.8. The molecule has 2 fully saturated rings. The highest BCUT2D eigenvalue weighted by molar-refractivity contribution is 6.35. The van der Waals surface area contributed by atoms with E-state index in [9.17, 15) is 5.11 Å². The van der Waals surface area contributed by atoms with E-state index < -0.39 is 0 Å². The second kappa shape index (κ2) is 7.28. The third-order valence-electron chi connectivity index (χ3n) is 5.45. The Hall–Kier alpha value is -0.320. The number of nitrogens with zero attached hydrogens (tertiary/aromatic N) is 2. The van der Waals surface area contributed by atoms with Crippen LogP contribution in [0.25, 0.3) is 0 Å². The summed E-state index contributed by atoms with van der Waals surface area (Å²) in [6.07, 6.45) is 4.70. The first-order valence-electron chi connectivity index (χ1n) is 8.53. The highest BCUT2D eigenvalue weighted by Gasteiger charge is 2.47. The van der Waals surface area contributed by atoms with Gasteiger partial charge < -0.3 is 10.0 Å². The minimum atomic E-state index is 0.153. The summed E-state index contributed by atoms with van der Waals surface area (Å²) in [6, 6.07) is 6.45. The van der Waals surface area contributed by atoms with Crippen molar-refractivity contribution in [1.82, 2.24) is 9.80 Å². The molecule has 0 radical (unpaired) electrons. The molecular formula is C18H26Cl2N2O. The molecule has 1 aliphatic heterocycles. The molecule has 0 spiro atoms. The highest BCUT2D eigenvalue weighted by atomic mass is 35.5. The van der Waals surface area contributed by atoms with Crippen LogP contribution in [0.3, 0.4) is 0 Å². The van der Waals surface area contributed by atoms with Gasteiger partial charge in [0.15, 0.2) is 0 Å². The van der Waals surface area contributed by atoms with Crippen molar-refractivity contribution >= 4 is 23.2 Å². The van der Waals surface area contributed by atoms with Gasteiger partial charge in [0.1, 0.15) is 0 Å². The molecule has 1 aliphatic carbocycles. The quantitative estimate of drug-likeness (QED) is 0.845. The first-order chi connectivity index (χ1) is 11.0. The molecule has 0 unspecified atom stereocenters. The number of aliphatic hydroxyl groups excluding tert-OH is 1. The highest BCUT2D eigenvalue weighted by Crippen LogP contribution is 2.51. The summed E-state index contributed by atoms with van der Waals surface area (Å²) in [6.45, 7) is 4.24. The van der Waals surface area contributed by atoms with E-state index in [1.165, 1.54) is 31.2 Å². The lowest BCUT2D eigenvalue weighted by Crippen LogP contribution is -2.47. The number of halogens is 2. The molecule has 0 bridgehead atoms. The Labute approximate surface area is 149 Å². The van der Waals surface area contributed by atoms with Gasteiger partial charge in [0.05, 0.1) is 6.61 Å². The summed E-state index contributed by atoms with van der Waals surface area (Å²) in [5.74, 6) is 0. The zero-order chi connectivity index (χ0) is 16.4. The van der Waals surface area contributed by atoms with Crippen molar-refractivity contribution in [2.75, 3.05) is 39.8 Å². The predicted octanol–water partition coefficient (Wildman–Crippen LogP) is 3.41. The topological polar surface area (TPSA) is 26.7 Å². The third kappa shape index (κ3) is 4.02. The van der Waals surface area contributed by atoms with Gasteiger partial charge in [-0.3, -0.25) is 4.90 Å². The molecule has 23 heavy (non-hydrogen) atoms. The largest absolute Gasteiger partial charge is 0.395 e. The van der Waals surface area contributed by atoms with Gasteiger partial charge >= 0.3 is 0 Å². The Morgan fingerprint density at radius 3 is 2.52 bits per heavy atom. The van der Waals surface area contributed by atoms with Crippen molar-refractivity contribution in [2.45, 2.75) is 37.1 Å². The number of benzene rings is 1. The van der Waals surface area contributed by atoms with E-state index in [0.717, 1.165) is 31.2 Å². The van der Waals surface area contributed by atoms with Crippen LogP contribution >= 0.6 is 23.2 Å². The van der Waals surface area contributed by atoms with Crippen LogP contribution in [0.2, 0.25) is 10.0 Å². The molecule has 5 heteroatoms. The van der Waals surface area contributed by atoms with E-state index in [-0.39, 0.29) is 12.0 Å². The van der Waals surface area contributed by atoms with Gasteiger partial charge in [0, 0.05) is 34.6 Å². The molecule has 1 saturated carbocycles. The molecule has 1 saturated heterocycles. The van der Waals surface area contributed by atoms with Crippen molar-refractivity contribution in [3.05, 3.63) is 33.8 Å². The fraction of sp³-hybridized carbons (Fsp3) is 0.667. The van der Waals surface area contributed by atoms with Gasteiger partial charge in [-0.1, -0.05) is 29.3 Å². The zero-order valence-corrected chi connectivity index (χ0v) is 15.3. The van der Waals surface area contributed by atoms with Gasteiger partial charge in [-0.2, -0.15) is 0 Å². The minimum absolute atomic E-state index is 0.153. The standard InChI is InChI=1S/C18H26Cl2N2O/c1-21-8-4-15(5-9-21)22(10-11-23)13-18(6-7-18)16-3-2-14(19)12-17(16)20/h2-3,12,15,23H,4-11,13H2,1H3. The van der Waals surface area contributed by atoms with Gasteiger partial charge in [-0.15, -0.1) is 0 Å². The van der Waals surface area contributed by atoms with Crippen LogP contribution in [0.15, 0.2) is 18.2 Å². The maximum absolute atomic E-state index is 9.50. The predicted molar refractivity (Wildman–Crippen MR) is 96.6 cm³/mol. The van der Waals surface area contributed by atoms with E-state index in [1.807, 2.05) is 12.1 Å². The van der Waals surface area contributed by atoms with Crippen LogP contribution < -0.4 is 0 Å². The van der Waals surface area contributed by atoms with Crippen molar-refractivity contribution in [2.24, 2.45) is 0 Å². The summed E-state index contributed by atoms with van der Waals surface area (Å²) in [7, 11) is 2.18. The van der Waals surface area contributed by atoms with Gasteiger partial charge in [-0.05, 0) is 63.5 Å². The van der Waals surface area contributed by atoms with E-state index in [1.54, 1.807) is 0 Å². The minimum Gasteiger partial charge on any atom is -0.395 e. The van der Waals surface area contributed by atoms with Crippen LogP contribution in [-0.2, 0) is 5.41 Å². The number of aliphatic hydroxyl groups is 1. The molecule has 1 aromatic rings. The monoisotopic (exact) mass is 356 g/mol. The fourth-order valence-corrected chi connectivity index (χ4v) is 4.46. The lowest BCUT2D eigenvalue weighted by Gasteiger charge is -2.39. The summed E-state index contributed by atoms with van der Waals surface area (Å²) in [4.78, 5) is 4.88. The Morgan fingerprint density at radius 1 is 1.26 bits per heavy atom. The maximum atomic E-state index is 9.50. The summed E-state index contributed by atoms with van der Waals surface area (Å²) >= 11 is 12.5. The average Bonchev–Trinajstić information content (AvgIpc) is 3.28. The molecule has 0 aromatic heterocycles. The van der Waals surface area contributed by atoms with Crippen LogP contribution in [0.5, 0.6) is 0 Å². The lowest BCUT2D eigenvalue weighted by molar-refractivity contribution is 0.0916. The Kier molecular flexibility index (Phi) is 5.54. The summed E-state index contributed by atoms with van der Waals surface area (Å²) in [5.41, 5.74) is 1.37. The number of piperidine rings is 1. The molecule has 128 valence electrons. The average molecular weight is 357 g/mol. The van der Waals surface area contributed by atoms with Crippen molar-refractivity contribution in [3.8, 4) is 0 Å². The lowest BCUT2D eigenvalue weighted by atomic mass is 9.93. The molecule has 2 aliphatic rings. The first-order valence-corrected chi connectivity index (χ1v) is 9.29. The molecule has 3 nitrogen and oxygen atoms in total. The molecule has 0 atom stereocenters. The number of hydrogen-bond donors (Lipinski definition) is 1. The molecular weight excluding hydrogens is 331 g/mol. The number of hydrogen-bond acceptors (Lipinski definition) is 3. The molecule has 1 N–H and O–H groups in total. The van der Waals surface area contributed by atoms with E-state index in [4.69, 9.17) is 23.2 Å². The molecule has 1 heterocycles. The van der Waals surface area contributed by atoms with Crippen LogP contribution in [0.4, 0.5) is 0 Å².